The lowest BCUT2D eigenvalue weighted by molar-refractivity contribution is 0.171. The normalized spacial score (nSPS) is 13.6. The second-order valence-electron chi connectivity index (χ2n) is 4.21. The van der Waals surface area contributed by atoms with E-state index in [-0.39, 0.29) is 5.88 Å². The van der Waals surface area contributed by atoms with E-state index in [1.165, 1.54) is 0 Å². The zero-order chi connectivity index (χ0) is 13.4. The number of hydrogen-bond donors (Lipinski definition) is 1. The lowest BCUT2D eigenvalue weighted by Gasteiger charge is -2.22. The van der Waals surface area contributed by atoms with Crippen molar-refractivity contribution in [2.45, 2.75) is 13.3 Å². The van der Waals surface area contributed by atoms with Gasteiger partial charge in [0.2, 0.25) is 5.88 Å². The number of benzene rings is 1. The van der Waals surface area contributed by atoms with Gasteiger partial charge in [-0.1, -0.05) is 23.7 Å². The number of nitrogens with two attached hydrogens (primary N) is 1. The second-order valence-corrected chi connectivity index (χ2v) is 4.59. The maximum atomic E-state index is 6.39. The van der Waals surface area contributed by atoms with Gasteiger partial charge in [0.15, 0.2) is 11.5 Å². The zero-order valence-corrected chi connectivity index (χ0v) is 11.2. The van der Waals surface area contributed by atoms with Gasteiger partial charge in [0.25, 0.3) is 0 Å². The molecule has 0 saturated heterocycles. The van der Waals surface area contributed by atoms with Gasteiger partial charge in [-0.25, -0.2) is 0 Å². The molecule has 0 fully saturated rings. The molecular formula is C13H13ClN2O3. The Kier molecular flexibility index (Phi) is 2.98. The topological polar surface area (TPSA) is 70.5 Å². The van der Waals surface area contributed by atoms with Crippen LogP contribution in [0.5, 0.6) is 11.5 Å². The molecule has 0 atom stereocenters. The van der Waals surface area contributed by atoms with Crippen LogP contribution in [-0.4, -0.2) is 18.4 Å². The summed E-state index contributed by atoms with van der Waals surface area (Å²) in [7, 11) is 0. The largest absolute Gasteiger partial charge is 0.486 e. The smallest absolute Gasteiger partial charge is 0.222 e. The molecule has 0 unspecified atom stereocenters. The van der Waals surface area contributed by atoms with Crippen LogP contribution in [0.4, 0.5) is 5.88 Å². The van der Waals surface area contributed by atoms with Crippen molar-refractivity contribution in [2.75, 3.05) is 18.9 Å². The van der Waals surface area contributed by atoms with E-state index in [9.17, 15) is 0 Å². The first-order chi connectivity index (χ1) is 9.20. The Morgan fingerprint density at radius 3 is 2.79 bits per heavy atom. The van der Waals surface area contributed by atoms with E-state index >= 15 is 0 Å². The van der Waals surface area contributed by atoms with E-state index in [1.807, 2.05) is 13.0 Å². The molecule has 2 aromatic rings. The van der Waals surface area contributed by atoms with Crippen LogP contribution in [0, 0.1) is 0 Å². The highest BCUT2D eigenvalue weighted by Crippen LogP contribution is 2.44. The Labute approximate surface area is 115 Å². The van der Waals surface area contributed by atoms with Gasteiger partial charge < -0.3 is 19.7 Å². The van der Waals surface area contributed by atoms with Crippen molar-refractivity contribution in [3.63, 3.8) is 0 Å². The molecule has 1 aliphatic rings. The van der Waals surface area contributed by atoms with Crippen molar-refractivity contribution in [2.24, 2.45) is 0 Å². The maximum absolute atomic E-state index is 6.39. The Bertz CT molecular complexity index is 625. The van der Waals surface area contributed by atoms with E-state index in [1.54, 1.807) is 6.07 Å². The fourth-order valence-electron chi connectivity index (χ4n) is 2.17. The second kappa shape index (κ2) is 4.66. The number of anilines is 1. The minimum atomic E-state index is 0.267. The fraction of sp³-hybridized carbons (Fsp3) is 0.308. The van der Waals surface area contributed by atoms with Crippen LogP contribution in [0.15, 0.2) is 16.7 Å². The molecule has 6 heteroatoms. The number of rotatable bonds is 2. The first kappa shape index (κ1) is 12.2. The first-order valence-corrected chi connectivity index (χ1v) is 6.42. The lowest BCUT2D eigenvalue weighted by Crippen LogP contribution is -2.16. The molecular weight excluding hydrogens is 268 g/mol. The highest BCUT2D eigenvalue weighted by atomic mass is 35.5. The number of fused-ring (bicyclic) bond motifs is 1. The summed E-state index contributed by atoms with van der Waals surface area (Å²) in [5.41, 5.74) is 8.01. The van der Waals surface area contributed by atoms with Gasteiger partial charge in [-0.05, 0) is 18.1 Å². The SMILES string of the molecule is CCc1c(-c2cc(N)on2)cc2c(c1Cl)OCCO2. The molecule has 0 amide bonds. The summed E-state index contributed by atoms with van der Waals surface area (Å²) in [5.74, 6) is 1.50. The van der Waals surface area contributed by atoms with Crippen LogP contribution in [0.3, 0.4) is 0 Å². The molecule has 1 aromatic carbocycles. The lowest BCUT2D eigenvalue weighted by atomic mass is 10.0. The standard InChI is InChI=1S/C13H13ClN2O3/c1-2-7-8(9-6-11(15)19-16-9)5-10-13(12(7)14)18-4-3-17-10/h5-6H,2-4,15H2,1H3. The van der Waals surface area contributed by atoms with Gasteiger partial charge >= 0.3 is 0 Å². The molecule has 2 heterocycles. The minimum Gasteiger partial charge on any atom is -0.486 e. The summed E-state index contributed by atoms with van der Waals surface area (Å²) in [6.45, 7) is 3.03. The third-order valence-electron chi connectivity index (χ3n) is 3.03. The average Bonchev–Trinajstić information content (AvgIpc) is 2.85. The predicted molar refractivity (Wildman–Crippen MR) is 71.7 cm³/mol. The molecule has 0 radical (unpaired) electrons. The fourth-order valence-corrected chi connectivity index (χ4v) is 2.56. The number of nitrogen functional groups attached to an aromatic ring is 1. The third kappa shape index (κ3) is 2.00. The van der Waals surface area contributed by atoms with Gasteiger partial charge in [0.1, 0.15) is 18.9 Å². The Morgan fingerprint density at radius 1 is 1.32 bits per heavy atom. The van der Waals surface area contributed by atoms with Crippen molar-refractivity contribution < 1.29 is 14.0 Å². The summed E-state index contributed by atoms with van der Waals surface area (Å²) in [4.78, 5) is 0. The zero-order valence-electron chi connectivity index (χ0n) is 10.4. The van der Waals surface area contributed by atoms with Crippen molar-refractivity contribution in [1.82, 2.24) is 5.16 Å². The van der Waals surface area contributed by atoms with Crippen molar-refractivity contribution in [3.05, 3.63) is 22.7 Å². The molecule has 0 saturated carbocycles. The van der Waals surface area contributed by atoms with Crippen LogP contribution < -0.4 is 15.2 Å². The number of nitrogens with zero attached hydrogens (tertiary/aromatic N) is 1. The number of halogens is 1. The molecule has 2 N–H and O–H groups in total. The Hall–Kier alpha value is -1.88. The van der Waals surface area contributed by atoms with E-state index in [2.05, 4.69) is 5.16 Å². The summed E-state index contributed by atoms with van der Waals surface area (Å²) in [5, 5.41) is 4.50. The van der Waals surface area contributed by atoms with Crippen LogP contribution >= 0.6 is 11.6 Å². The van der Waals surface area contributed by atoms with Gasteiger partial charge in [-0.2, -0.15) is 0 Å². The number of hydrogen-bond acceptors (Lipinski definition) is 5. The van der Waals surface area contributed by atoms with E-state index in [0.717, 1.165) is 17.5 Å². The molecule has 5 nitrogen and oxygen atoms in total. The van der Waals surface area contributed by atoms with Gasteiger partial charge in [-0.15, -0.1) is 0 Å². The van der Waals surface area contributed by atoms with Crippen LogP contribution in [-0.2, 0) is 6.42 Å². The number of ether oxygens (including phenoxy) is 2. The summed E-state index contributed by atoms with van der Waals surface area (Å²) >= 11 is 6.39. The molecule has 1 aromatic heterocycles. The van der Waals surface area contributed by atoms with Crippen molar-refractivity contribution in [3.8, 4) is 22.8 Å². The summed E-state index contributed by atoms with van der Waals surface area (Å²) in [6, 6.07) is 3.54. The Balaban J connectivity index is 2.21. The van der Waals surface area contributed by atoms with Crippen LogP contribution in [0.2, 0.25) is 5.02 Å². The molecule has 0 bridgehead atoms. The van der Waals surface area contributed by atoms with Crippen molar-refractivity contribution in [1.29, 1.82) is 0 Å². The Morgan fingerprint density at radius 2 is 2.11 bits per heavy atom. The summed E-state index contributed by atoms with van der Waals surface area (Å²) in [6.07, 6.45) is 0.748. The molecule has 3 rings (SSSR count). The van der Waals surface area contributed by atoms with Crippen molar-refractivity contribution >= 4 is 17.5 Å². The molecule has 100 valence electrons. The first-order valence-electron chi connectivity index (χ1n) is 6.04. The molecule has 19 heavy (non-hydrogen) atoms. The van der Waals surface area contributed by atoms with Gasteiger partial charge in [0, 0.05) is 11.6 Å². The molecule has 0 aliphatic carbocycles. The third-order valence-corrected chi connectivity index (χ3v) is 3.43. The van der Waals surface area contributed by atoms with E-state index in [4.69, 9.17) is 31.3 Å². The molecule has 1 aliphatic heterocycles. The van der Waals surface area contributed by atoms with E-state index < -0.39 is 0 Å². The summed E-state index contributed by atoms with van der Waals surface area (Å²) < 4.78 is 16.1. The molecule has 0 spiro atoms. The van der Waals surface area contributed by atoms with Crippen LogP contribution in [0.1, 0.15) is 12.5 Å². The minimum absolute atomic E-state index is 0.267. The average molecular weight is 281 g/mol. The quantitative estimate of drug-likeness (QED) is 0.916. The van der Waals surface area contributed by atoms with Crippen LogP contribution in [0.25, 0.3) is 11.3 Å². The maximum Gasteiger partial charge on any atom is 0.222 e. The van der Waals surface area contributed by atoms with E-state index in [0.29, 0.717) is 35.4 Å². The monoisotopic (exact) mass is 280 g/mol. The van der Waals surface area contributed by atoms with Gasteiger partial charge in [-0.3, -0.25) is 0 Å². The predicted octanol–water partition coefficient (Wildman–Crippen LogP) is 2.91. The highest BCUT2D eigenvalue weighted by Gasteiger charge is 2.23. The highest BCUT2D eigenvalue weighted by molar-refractivity contribution is 6.33. The van der Waals surface area contributed by atoms with Gasteiger partial charge in [0.05, 0.1) is 5.02 Å². The number of aromatic nitrogens is 1.